The molecular weight excluding hydrogens is 300 g/mol. The molecule has 2 aromatic carbocycles. The largest absolute Gasteiger partial charge is 0.497 e. The molecule has 1 nitrogen and oxygen atoms in total. The Balaban J connectivity index is 2.15. The highest BCUT2D eigenvalue weighted by Gasteiger charge is 2.08. The van der Waals surface area contributed by atoms with Crippen molar-refractivity contribution < 1.29 is 4.74 Å². The van der Waals surface area contributed by atoms with Crippen LogP contribution in [0.4, 0.5) is 0 Å². The maximum absolute atomic E-state index is 5.24. The number of aryl methyl sites for hydroxylation is 3. The minimum atomic E-state index is 0.911. The second kappa shape index (κ2) is 9.02. The zero-order valence-corrected chi connectivity index (χ0v) is 15.6. The first-order chi connectivity index (χ1) is 11.1. The molecule has 0 heterocycles. The van der Waals surface area contributed by atoms with Gasteiger partial charge in [0.2, 0.25) is 0 Å². The molecule has 2 rings (SSSR count). The van der Waals surface area contributed by atoms with E-state index in [1.807, 2.05) is 23.9 Å². The Kier molecular flexibility index (Phi) is 7.04. The fraction of sp³-hybridized carbons (Fsp3) is 0.429. The number of unbranched alkanes of at least 4 members (excludes halogenated alkanes) is 3. The van der Waals surface area contributed by atoms with Crippen molar-refractivity contribution in [2.24, 2.45) is 0 Å². The third-order valence-corrected chi connectivity index (χ3v) is 5.37. The summed E-state index contributed by atoms with van der Waals surface area (Å²) in [5.74, 6) is 0.911. The van der Waals surface area contributed by atoms with Crippen molar-refractivity contribution in [3.8, 4) is 5.75 Å². The Hall–Kier alpha value is -1.41. The van der Waals surface area contributed by atoms with Crippen LogP contribution in [0.25, 0.3) is 0 Å². The topological polar surface area (TPSA) is 9.23 Å². The summed E-state index contributed by atoms with van der Waals surface area (Å²) in [6.07, 6.45) is 6.42. The number of ether oxygens (including phenoxy) is 1. The Bertz CT molecular complexity index is 616. The smallest absolute Gasteiger partial charge is 0.118 e. The highest BCUT2D eigenvalue weighted by molar-refractivity contribution is 7.99. The van der Waals surface area contributed by atoms with E-state index >= 15 is 0 Å². The number of rotatable bonds is 8. The molecule has 0 amide bonds. The van der Waals surface area contributed by atoms with E-state index in [2.05, 4.69) is 45.0 Å². The van der Waals surface area contributed by atoms with Gasteiger partial charge < -0.3 is 4.74 Å². The lowest BCUT2D eigenvalue weighted by Gasteiger charge is -2.13. The van der Waals surface area contributed by atoms with Gasteiger partial charge in [-0.25, -0.2) is 0 Å². The molecule has 0 aliphatic carbocycles. The molecule has 0 saturated carbocycles. The molecule has 0 bridgehead atoms. The second-order valence-electron chi connectivity index (χ2n) is 6.13. The third-order valence-electron chi connectivity index (χ3n) is 4.26. The standard InChI is InChI=1S/C21H28OS/c1-5-6-7-8-9-18-14-16(2)17(3)15-21(18)23-20-12-10-19(22-4)11-13-20/h10-15H,5-9H2,1-4H3. The molecule has 0 aliphatic rings. The number of benzene rings is 2. The van der Waals surface area contributed by atoms with Crippen LogP contribution >= 0.6 is 11.8 Å². The first-order valence-electron chi connectivity index (χ1n) is 8.56. The molecule has 0 N–H and O–H groups in total. The van der Waals surface area contributed by atoms with Gasteiger partial charge in [-0.05, 0) is 73.7 Å². The Morgan fingerprint density at radius 2 is 1.61 bits per heavy atom. The van der Waals surface area contributed by atoms with Gasteiger partial charge in [-0.1, -0.05) is 44.0 Å². The van der Waals surface area contributed by atoms with Crippen molar-refractivity contribution >= 4 is 11.8 Å². The molecular formula is C21H28OS. The van der Waals surface area contributed by atoms with E-state index in [9.17, 15) is 0 Å². The average Bonchev–Trinajstić information content (AvgIpc) is 2.56. The van der Waals surface area contributed by atoms with Crippen LogP contribution in [0.2, 0.25) is 0 Å². The van der Waals surface area contributed by atoms with E-state index < -0.39 is 0 Å². The first-order valence-corrected chi connectivity index (χ1v) is 9.37. The average molecular weight is 329 g/mol. The van der Waals surface area contributed by atoms with Gasteiger partial charge in [0, 0.05) is 9.79 Å². The van der Waals surface area contributed by atoms with Crippen LogP contribution in [0.5, 0.6) is 5.75 Å². The molecule has 2 heteroatoms. The summed E-state index contributed by atoms with van der Waals surface area (Å²) >= 11 is 1.86. The summed E-state index contributed by atoms with van der Waals surface area (Å²) < 4.78 is 5.24. The van der Waals surface area contributed by atoms with Gasteiger partial charge in [0.1, 0.15) is 5.75 Å². The van der Waals surface area contributed by atoms with Gasteiger partial charge in [0.15, 0.2) is 0 Å². The summed E-state index contributed by atoms with van der Waals surface area (Å²) in [6, 6.07) is 13.1. The summed E-state index contributed by atoms with van der Waals surface area (Å²) in [5, 5.41) is 0. The minimum Gasteiger partial charge on any atom is -0.497 e. The predicted molar refractivity (Wildman–Crippen MR) is 101 cm³/mol. The SMILES string of the molecule is CCCCCCc1cc(C)c(C)cc1Sc1ccc(OC)cc1. The van der Waals surface area contributed by atoms with Crippen molar-refractivity contribution in [1.29, 1.82) is 0 Å². The molecule has 0 aliphatic heterocycles. The molecule has 0 radical (unpaired) electrons. The fourth-order valence-corrected chi connectivity index (χ4v) is 3.71. The molecule has 0 spiro atoms. The van der Waals surface area contributed by atoms with Crippen molar-refractivity contribution in [1.82, 2.24) is 0 Å². The van der Waals surface area contributed by atoms with Gasteiger partial charge in [-0.2, -0.15) is 0 Å². The number of hydrogen-bond acceptors (Lipinski definition) is 2. The van der Waals surface area contributed by atoms with Gasteiger partial charge >= 0.3 is 0 Å². The number of methoxy groups -OCH3 is 1. The number of hydrogen-bond donors (Lipinski definition) is 0. The zero-order valence-electron chi connectivity index (χ0n) is 14.8. The lowest BCUT2D eigenvalue weighted by molar-refractivity contribution is 0.414. The Morgan fingerprint density at radius 1 is 0.913 bits per heavy atom. The molecule has 124 valence electrons. The minimum absolute atomic E-state index is 0.911. The van der Waals surface area contributed by atoms with E-state index in [4.69, 9.17) is 4.74 Å². The van der Waals surface area contributed by atoms with Crippen LogP contribution in [0.1, 0.15) is 49.3 Å². The quantitative estimate of drug-likeness (QED) is 0.506. The monoisotopic (exact) mass is 328 g/mol. The van der Waals surface area contributed by atoms with Crippen molar-refractivity contribution in [2.45, 2.75) is 62.7 Å². The van der Waals surface area contributed by atoms with Gasteiger partial charge in [-0.15, -0.1) is 0 Å². The normalized spacial score (nSPS) is 10.8. The van der Waals surface area contributed by atoms with E-state index in [0.717, 1.165) is 5.75 Å². The molecule has 0 atom stereocenters. The first kappa shape index (κ1) is 17.9. The van der Waals surface area contributed by atoms with E-state index in [1.165, 1.54) is 58.6 Å². The predicted octanol–water partition coefficient (Wildman–Crippen LogP) is 6.59. The van der Waals surface area contributed by atoms with E-state index in [-0.39, 0.29) is 0 Å². The van der Waals surface area contributed by atoms with Crippen LogP contribution in [-0.4, -0.2) is 7.11 Å². The van der Waals surface area contributed by atoms with Gasteiger partial charge in [-0.3, -0.25) is 0 Å². The van der Waals surface area contributed by atoms with Crippen LogP contribution in [-0.2, 0) is 6.42 Å². The van der Waals surface area contributed by atoms with Crippen LogP contribution < -0.4 is 4.74 Å². The fourth-order valence-electron chi connectivity index (χ4n) is 2.65. The molecule has 2 aromatic rings. The van der Waals surface area contributed by atoms with Gasteiger partial charge in [0.25, 0.3) is 0 Å². The van der Waals surface area contributed by atoms with Crippen LogP contribution in [0.15, 0.2) is 46.2 Å². The summed E-state index contributed by atoms with van der Waals surface area (Å²) in [7, 11) is 1.71. The summed E-state index contributed by atoms with van der Waals surface area (Å²) in [6.45, 7) is 6.68. The highest BCUT2D eigenvalue weighted by Crippen LogP contribution is 2.34. The molecule has 0 fully saturated rings. The third kappa shape index (κ3) is 5.31. The molecule has 0 unspecified atom stereocenters. The molecule has 0 aromatic heterocycles. The Morgan fingerprint density at radius 3 is 2.26 bits per heavy atom. The molecule has 23 heavy (non-hydrogen) atoms. The van der Waals surface area contributed by atoms with E-state index in [1.54, 1.807) is 7.11 Å². The lowest BCUT2D eigenvalue weighted by Crippen LogP contribution is -1.93. The van der Waals surface area contributed by atoms with Crippen LogP contribution in [0, 0.1) is 13.8 Å². The van der Waals surface area contributed by atoms with Crippen molar-refractivity contribution in [3.05, 3.63) is 53.1 Å². The summed E-state index contributed by atoms with van der Waals surface area (Å²) in [5.41, 5.74) is 4.26. The maximum Gasteiger partial charge on any atom is 0.118 e. The molecule has 0 saturated heterocycles. The highest BCUT2D eigenvalue weighted by atomic mass is 32.2. The Labute approximate surface area is 145 Å². The van der Waals surface area contributed by atoms with Crippen molar-refractivity contribution in [3.63, 3.8) is 0 Å². The lowest BCUT2D eigenvalue weighted by atomic mass is 10.0. The van der Waals surface area contributed by atoms with Crippen molar-refractivity contribution in [2.75, 3.05) is 7.11 Å². The van der Waals surface area contributed by atoms with E-state index in [0.29, 0.717) is 0 Å². The van der Waals surface area contributed by atoms with Gasteiger partial charge in [0.05, 0.1) is 7.11 Å². The summed E-state index contributed by atoms with van der Waals surface area (Å²) in [4.78, 5) is 2.67. The zero-order chi connectivity index (χ0) is 16.7. The second-order valence-corrected chi connectivity index (χ2v) is 7.25. The maximum atomic E-state index is 5.24. The van der Waals surface area contributed by atoms with Crippen LogP contribution in [0.3, 0.4) is 0 Å².